The van der Waals surface area contributed by atoms with Crippen LogP contribution in [-0.4, -0.2) is 22.5 Å². The molecule has 0 atom stereocenters. The summed E-state index contributed by atoms with van der Waals surface area (Å²) in [5, 5.41) is 9.18. The second-order valence-corrected chi connectivity index (χ2v) is 6.87. The van der Waals surface area contributed by atoms with Gasteiger partial charge in [0, 0.05) is 25.5 Å². The molecule has 0 radical (unpaired) electrons. The molecule has 0 saturated heterocycles. The Hall–Kier alpha value is -2.85. The van der Waals surface area contributed by atoms with Crippen molar-refractivity contribution in [1.82, 2.24) is 0 Å². The van der Waals surface area contributed by atoms with Gasteiger partial charge in [-0.3, -0.25) is 4.72 Å². The highest BCUT2D eigenvalue weighted by Crippen LogP contribution is 2.19. The second-order valence-electron chi connectivity index (χ2n) is 5.22. The van der Waals surface area contributed by atoms with E-state index >= 15 is 0 Å². The Balaban J connectivity index is 2.28. The van der Waals surface area contributed by atoms with Gasteiger partial charge in [0.2, 0.25) is 0 Å². The van der Waals surface area contributed by atoms with E-state index in [4.69, 9.17) is 0 Å². The van der Waals surface area contributed by atoms with Crippen molar-refractivity contribution in [3.05, 3.63) is 64.8 Å². The van der Waals surface area contributed by atoms with Crippen molar-refractivity contribution in [2.45, 2.75) is 0 Å². The molecule has 2 aromatic rings. The van der Waals surface area contributed by atoms with Crippen molar-refractivity contribution in [1.29, 1.82) is 5.26 Å². The van der Waals surface area contributed by atoms with Gasteiger partial charge in [-0.1, -0.05) is 12.1 Å². The van der Waals surface area contributed by atoms with Crippen molar-refractivity contribution in [2.24, 2.45) is 0 Å². The highest BCUT2D eigenvalue weighted by atomic mass is 32.2. The molecule has 124 valence electrons. The third kappa shape index (κ3) is 4.33. The number of benzene rings is 2. The zero-order valence-corrected chi connectivity index (χ0v) is 14.0. The molecule has 0 aromatic heterocycles. The fourth-order valence-corrected chi connectivity index (χ4v) is 2.89. The smallest absolute Gasteiger partial charge is 0.272 e. The van der Waals surface area contributed by atoms with Crippen molar-refractivity contribution in [2.75, 3.05) is 23.7 Å². The number of anilines is 2. The minimum Gasteiger partial charge on any atom is -0.378 e. The maximum Gasteiger partial charge on any atom is 0.272 e. The first-order valence-corrected chi connectivity index (χ1v) is 8.48. The van der Waals surface area contributed by atoms with Gasteiger partial charge in [-0.05, 0) is 48.0 Å². The Kier molecular flexibility index (Phi) is 5.21. The number of hydrogen-bond acceptors (Lipinski definition) is 4. The average Bonchev–Trinajstić information content (AvgIpc) is 2.54. The van der Waals surface area contributed by atoms with Gasteiger partial charge in [0.1, 0.15) is 11.9 Å². The first-order chi connectivity index (χ1) is 11.3. The van der Waals surface area contributed by atoms with Crippen molar-refractivity contribution >= 4 is 27.5 Å². The summed E-state index contributed by atoms with van der Waals surface area (Å²) in [5.41, 5.74) is 1.72. The molecule has 0 aliphatic carbocycles. The summed E-state index contributed by atoms with van der Waals surface area (Å²) in [6, 6.07) is 13.6. The van der Waals surface area contributed by atoms with Crippen LogP contribution in [0.4, 0.5) is 15.8 Å². The van der Waals surface area contributed by atoms with Gasteiger partial charge in [0.25, 0.3) is 10.0 Å². The molecule has 24 heavy (non-hydrogen) atoms. The molecule has 7 heteroatoms. The Labute approximate surface area is 140 Å². The van der Waals surface area contributed by atoms with E-state index in [1.807, 2.05) is 31.1 Å². The van der Waals surface area contributed by atoms with E-state index in [9.17, 15) is 18.1 Å². The molecule has 0 fully saturated rings. The van der Waals surface area contributed by atoms with Crippen molar-refractivity contribution in [3.8, 4) is 6.07 Å². The lowest BCUT2D eigenvalue weighted by molar-refractivity contribution is 0.608. The topological polar surface area (TPSA) is 73.2 Å². The summed E-state index contributed by atoms with van der Waals surface area (Å²) in [4.78, 5) is 1.48. The number of nitrogens with zero attached hydrogens (tertiary/aromatic N) is 2. The molecule has 2 rings (SSSR count). The largest absolute Gasteiger partial charge is 0.378 e. The van der Waals surface area contributed by atoms with Gasteiger partial charge in [-0.2, -0.15) is 5.26 Å². The van der Waals surface area contributed by atoms with E-state index in [0.717, 1.165) is 17.8 Å². The Morgan fingerprint density at radius 2 is 1.71 bits per heavy atom. The van der Waals surface area contributed by atoms with Crippen LogP contribution in [0.5, 0.6) is 0 Å². The van der Waals surface area contributed by atoms with E-state index in [1.165, 1.54) is 18.2 Å². The standard InChI is InChI=1S/C17H16FN3O2S/c1-21(2)16-9-3-13(4-10-16)11-17(12-19)24(22,23)20-15-7-5-14(18)6-8-15/h3-11,20H,1-2H3/b17-11-. The molecule has 2 aromatic carbocycles. The summed E-state index contributed by atoms with van der Waals surface area (Å²) in [6.45, 7) is 0. The monoisotopic (exact) mass is 345 g/mol. The van der Waals surface area contributed by atoms with Crippen LogP contribution in [0.25, 0.3) is 6.08 Å². The van der Waals surface area contributed by atoms with E-state index in [2.05, 4.69) is 4.72 Å². The number of allylic oxidation sites excluding steroid dienone is 1. The number of rotatable bonds is 5. The fraction of sp³-hybridized carbons (Fsp3) is 0.118. The predicted molar refractivity (Wildman–Crippen MR) is 93.3 cm³/mol. The van der Waals surface area contributed by atoms with E-state index in [-0.39, 0.29) is 5.69 Å². The number of nitrogens with one attached hydrogen (secondary N) is 1. The van der Waals surface area contributed by atoms with Crippen molar-refractivity contribution in [3.63, 3.8) is 0 Å². The van der Waals surface area contributed by atoms with Crippen LogP contribution in [0.15, 0.2) is 53.4 Å². The van der Waals surface area contributed by atoms with Gasteiger partial charge in [-0.25, -0.2) is 12.8 Å². The lowest BCUT2D eigenvalue weighted by Crippen LogP contribution is -2.14. The molecule has 0 spiro atoms. The highest BCUT2D eigenvalue weighted by molar-refractivity contribution is 7.96. The van der Waals surface area contributed by atoms with E-state index < -0.39 is 20.7 Å². The Morgan fingerprint density at radius 3 is 2.21 bits per heavy atom. The van der Waals surface area contributed by atoms with Crippen LogP contribution in [0.3, 0.4) is 0 Å². The molecule has 0 heterocycles. The van der Waals surface area contributed by atoms with Crippen LogP contribution in [-0.2, 0) is 10.0 Å². The minimum atomic E-state index is -4.05. The first-order valence-electron chi connectivity index (χ1n) is 6.99. The number of nitriles is 1. The quantitative estimate of drug-likeness (QED) is 0.845. The maximum atomic E-state index is 12.9. The minimum absolute atomic E-state index is 0.181. The van der Waals surface area contributed by atoms with Gasteiger partial charge in [0.05, 0.1) is 0 Å². The molecule has 0 aliphatic rings. The SMILES string of the molecule is CN(C)c1ccc(/C=C(/C#N)S(=O)(=O)Nc2ccc(F)cc2)cc1. The Morgan fingerprint density at radius 1 is 1.12 bits per heavy atom. The summed E-state index contributed by atoms with van der Waals surface area (Å²) >= 11 is 0. The number of hydrogen-bond donors (Lipinski definition) is 1. The molecule has 0 saturated carbocycles. The number of sulfonamides is 1. The van der Waals surface area contributed by atoms with Crippen LogP contribution in [0.1, 0.15) is 5.56 Å². The third-order valence-corrected chi connectivity index (χ3v) is 4.50. The van der Waals surface area contributed by atoms with Gasteiger partial charge < -0.3 is 4.90 Å². The van der Waals surface area contributed by atoms with E-state index in [0.29, 0.717) is 5.56 Å². The Bertz CT molecular complexity index is 881. The average molecular weight is 345 g/mol. The van der Waals surface area contributed by atoms with Gasteiger partial charge in [0.15, 0.2) is 4.91 Å². The molecule has 0 amide bonds. The van der Waals surface area contributed by atoms with Crippen molar-refractivity contribution < 1.29 is 12.8 Å². The second kappa shape index (κ2) is 7.15. The molecular formula is C17H16FN3O2S. The lowest BCUT2D eigenvalue weighted by atomic mass is 10.2. The molecule has 1 N–H and O–H groups in total. The van der Waals surface area contributed by atoms with Gasteiger partial charge in [-0.15, -0.1) is 0 Å². The first kappa shape index (κ1) is 17.5. The molecular weight excluding hydrogens is 329 g/mol. The summed E-state index contributed by atoms with van der Waals surface area (Å²) in [5.74, 6) is -0.477. The van der Waals surface area contributed by atoms with Gasteiger partial charge >= 0.3 is 0 Å². The highest BCUT2D eigenvalue weighted by Gasteiger charge is 2.17. The summed E-state index contributed by atoms with van der Waals surface area (Å²) < 4.78 is 39.7. The fourth-order valence-electron chi connectivity index (χ4n) is 1.92. The molecule has 0 aliphatic heterocycles. The number of halogens is 1. The summed E-state index contributed by atoms with van der Waals surface area (Å²) in [6.07, 6.45) is 1.28. The molecule has 5 nitrogen and oxygen atoms in total. The zero-order chi connectivity index (χ0) is 17.7. The van der Waals surface area contributed by atoms with Crippen LogP contribution >= 0.6 is 0 Å². The normalized spacial score (nSPS) is 11.7. The van der Waals surface area contributed by atoms with Crippen LogP contribution in [0, 0.1) is 17.1 Å². The third-order valence-electron chi connectivity index (χ3n) is 3.20. The van der Waals surface area contributed by atoms with E-state index in [1.54, 1.807) is 18.2 Å². The van der Waals surface area contributed by atoms with Crippen LogP contribution < -0.4 is 9.62 Å². The lowest BCUT2D eigenvalue weighted by Gasteiger charge is -2.12. The maximum absolute atomic E-state index is 12.9. The zero-order valence-electron chi connectivity index (χ0n) is 13.2. The summed E-state index contributed by atoms with van der Waals surface area (Å²) in [7, 11) is -0.263. The van der Waals surface area contributed by atoms with Crippen LogP contribution in [0.2, 0.25) is 0 Å². The molecule has 0 bridgehead atoms. The molecule has 0 unspecified atom stereocenters. The predicted octanol–water partition coefficient (Wildman–Crippen LogP) is 3.20.